The van der Waals surface area contributed by atoms with Crippen molar-refractivity contribution in [3.8, 4) is 5.75 Å². The van der Waals surface area contributed by atoms with Crippen molar-refractivity contribution in [1.29, 1.82) is 0 Å². The number of nitrogens with zero attached hydrogens (tertiary/aromatic N) is 2. The molecule has 5 nitrogen and oxygen atoms in total. The minimum absolute atomic E-state index is 0.0818. The molecule has 1 aliphatic carbocycles. The molecular formula is C19H26N2O3. The van der Waals surface area contributed by atoms with Gasteiger partial charge in [-0.1, -0.05) is 6.07 Å². The van der Waals surface area contributed by atoms with E-state index in [9.17, 15) is 9.90 Å². The maximum Gasteiger partial charge on any atom is 0.254 e. The van der Waals surface area contributed by atoms with Crippen LogP contribution in [0.15, 0.2) is 24.3 Å². The molecule has 3 aliphatic rings. The van der Waals surface area contributed by atoms with Crippen LogP contribution >= 0.6 is 0 Å². The van der Waals surface area contributed by atoms with Gasteiger partial charge in [-0.15, -0.1) is 0 Å². The van der Waals surface area contributed by atoms with Crippen LogP contribution in [0.1, 0.15) is 29.6 Å². The second-order valence-corrected chi connectivity index (χ2v) is 7.72. The van der Waals surface area contributed by atoms with E-state index < -0.39 is 0 Å². The summed E-state index contributed by atoms with van der Waals surface area (Å²) in [6.45, 7) is 3.94. The monoisotopic (exact) mass is 330 g/mol. The quantitative estimate of drug-likeness (QED) is 0.891. The third-order valence-electron chi connectivity index (χ3n) is 5.83. The van der Waals surface area contributed by atoms with Crippen molar-refractivity contribution in [2.75, 3.05) is 39.9 Å². The predicted molar refractivity (Wildman–Crippen MR) is 91.1 cm³/mol. The second-order valence-electron chi connectivity index (χ2n) is 7.72. The SMILES string of the molecule is COc1cccc(C(=O)N2CC3(CC(CO)CN3CC3CC3)C2)c1. The number of carbonyl (C=O) groups excluding carboxylic acids is 1. The lowest BCUT2D eigenvalue weighted by molar-refractivity contribution is -0.0200. The first-order valence-corrected chi connectivity index (χ1v) is 8.93. The zero-order valence-corrected chi connectivity index (χ0v) is 14.3. The Balaban J connectivity index is 1.44. The van der Waals surface area contributed by atoms with Gasteiger partial charge in [-0.25, -0.2) is 0 Å². The molecule has 3 fully saturated rings. The first-order chi connectivity index (χ1) is 11.6. The van der Waals surface area contributed by atoms with Gasteiger partial charge in [0.2, 0.25) is 0 Å². The summed E-state index contributed by atoms with van der Waals surface area (Å²) in [7, 11) is 1.62. The molecule has 2 aliphatic heterocycles. The summed E-state index contributed by atoms with van der Waals surface area (Å²) < 4.78 is 5.22. The zero-order chi connectivity index (χ0) is 16.7. The normalized spacial score (nSPS) is 25.8. The van der Waals surface area contributed by atoms with Crippen molar-refractivity contribution < 1.29 is 14.6 Å². The lowest BCUT2D eigenvalue weighted by atomic mass is 9.84. The molecule has 1 aromatic rings. The molecule has 1 aromatic carbocycles. The largest absolute Gasteiger partial charge is 0.497 e. The molecule has 5 heteroatoms. The number of aliphatic hydroxyl groups excluding tert-OH is 1. The molecule has 1 unspecified atom stereocenters. The second kappa shape index (κ2) is 6.05. The van der Waals surface area contributed by atoms with Crippen LogP contribution in [0.2, 0.25) is 0 Å². The molecule has 1 N–H and O–H groups in total. The Morgan fingerprint density at radius 2 is 2.12 bits per heavy atom. The molecular weight excluding hydrogens is 304 g/mol. The molecule has 24 heavy (non-hydrogen) atoms. The van der Waals surface area contributed by atoms with Crippen LogP contribution in [0.4, 0.5) is 0 Å². The standard InChI is InChI=1S/C19H26N2O3/c1-24-17-4-2-3-16(7-17)18(23)20-12-19(13-20)8-15(11-22)10-21(19)9-14-5-6-14/h2-4,7,14-15,22H,5-6,8-13H2,1H3. The Bertz CT molecular complexity index is 623. The molecule has 1 amide bonds. The summed E-state index contributed by atoms with van der Waals surface area (Å²) >= 11 is 0. The predicted octanol–water partition coefficient (Wildman–Crippen LogP) is 1.61. The Kier molecular flexibility index (Phi) is 4.01. The van der Waals surface area contributed by atoms with E-state index >= 15 is 0 Å². The van der Waals surface area contributed by atoms with Crippen molar-refractivity contribution >= 4 is 5.91 Å². The van der Waals surface area contributed by atoms with E-state index in [1.165, 1.54) is 12.8 Å². The fourth-order valence-corrected chi connectivity index (χ4v) is 4.31. The van der Waals surface area contributed by atoms with E-state index in [1.54, 1.807) is 13.2 Å². The van der Waals surface area contributed by atoms with Gasteiger partial charge in [-0.3, -0.25) is 9.69 Å². The van der Waals surface area contributed by atoms with Crippen LogP contribution in [0, 0.1) is 11.8 Å². The van der Waals surface area contributed by atoms with E-state index in [-0.39, 0.29) is 18.1 Å². The van der Waals surface area contributed by atoms with E-state index in [1.807, 2.05) is 23.1 Å². The van der Waals surface area contributed by atoms with Gasteiger partial charge in [-0.2, -0.15) is 0 Å². The number of ether oxygens (including phenoxy) is 1. The maximum atomic E-state index is 12.7. The van der Waals surface area contributed by atoms with E-state index in [0.717, 1.165) is 38.5 Å². The molecule has 1 saturated carbocycles. The van der Waals surface area contributed by atoms with Gasteiger partial charge in [0.05, 0.1) is 12.6 Å². The molecule has 1 spiro atoms. The van der Waals surface area contributed by atoms with Crippen LogP contribution in [-0.4, -0.2) is 66.2 Å². The number of methoxy groups -OCH3 is 1. The van der Waals surface area contributed by atoms with Crippen molar-refractivity contribution in [3.05, 3.63) is 29.8 Å². The minimum Gasteiger partial charge on any atom is -0.497 e. The average Bonchev–Trinajstić information content (AvgIpc) is 3.31. The van der Waals surface area contributed by atoms with Crippen molar-refractivity contribution in [1.82, 2.24) is 9.80 Å². The molecule has 2 heterocycles. The van der Waals surface area contributed by atoms with Gasteiger partial charge in [0.15, 0.2) is 0 Å². The number of carbonyl (C=O) groups is 1. The number of hydrogen-bond acceptors (Lipinski definition) is 4. The molecule has 0 bridgehead atoms. The molecule has 1 atom stereocenters. The molecule has 0 radical (unpaired) electrons. The number of hydrogen-bond donors (Lipinski definition) is 1. The van der Waals surface area contributed by atoms with Crippen LogP contribution in [0.25, 0.3) is 0 Å². The lowest BCUT2D eigenvalue weighted by Crippen LogP contribution is -2.69. The summed E-state index contributed by atoms with van der Waals surface area (Å²) in [5.41, 5.74) is 0.791. The summed E-state index contributed by atoms with van der Waals surface area (Å²) in [5, 5.41) is 9.58. The van der Waals surface area contributed by atoms with Gasteiger partial charge in [0, 0.05) is 38.3 Å². The fourth-order valence-electron chi connectivity index (χ4n) is 4.31. The van der Waals surface area contributed by atoms with Crippen LogP contribution in [-0.2, 0) is 0 Å². The highest BCUT2D eigenvalue weighted by atomic mass is 16.5. The van der Waals surface area contributed by atoms with E-state index in [4.69, 9.17) is 4.74 Å². The highest BCUT2D eigenvalue weighted by Crippen LogP contribution is 2.43. The molecule has 4 rings (SSSR count). The topological polar surface area (TPSA) is 53.0 Å². The molecule has 0 aromatic heterocycles. The zero-order valence-electron chi connectivity index (χ0n) is 14.3. The van der Waals surface area contributed by atoms with Crippen molar-refractivity contribution in [2.24, 2.45) is 11.8 Å². The van der Waals surface area contributed by atoms with Gasteiger partial charge >= 0.3 is 0 Å². The van der Waals surface area contributed by atoms with Gasteiger partial charge in [0.1, 0.15) is 5.75 Å². The summed E-state index contributed by atoms with van der Waals surface area (Å²) in [4.78, 5) is 17.2. The van der Waals surface area contributed by atoms with Crippen LogP contribution in [0.3, 0.4) is 0 Å². The Hall–Kier alpha value is -1.59. The molecule has 2 saturated heterocycles. The summed E-state index contributed by atoms with van der Waals surface area (Å²) in [5.74, 6) is 1.99. The van der Waals surface area contributed by atoms with Gasteiger partial charge in [-0.05, 0) is 49.3 Å². The first-order valence-electron chi connectivity index (χ1n) is 8.93. The van der Waals surface area contributed by atoms with Crippen molar-refractivity contribution in [2.45, 2.75) is 24.8 Å². The summed E-state index contributed by atoms with van der Waals surface area (Å²) in [6.07, 6.45) is 3.68. The number of rotatable bonds is 5. The third kappa shape index (κ3) is 2.80. The average molecular weight is 330 g/mol. The number of benzene rings is 1. The maximum absolute atomic E-state index is 12.7. The Morgan fingerprint density at radius 3 is 2.79 bits per heavy atom. The Morgan fingerprint density at radius 1 is 1.33 bits per heavy atom. The first kappa shape index (κ1) is 15.9. The minimum atomic E-state index is 0.0818. The molecule has 130 valence electrons. The van der Waals surface area contributed by atoms with Gasteiger partial charge < -0.3 is 14.7 Å². The Labute approximate surface area is 143 Å². The van der Waals surface area contributed by atoms with Crippen LogP contribution < -0.4 is 4.74 Å². The summed E-state index contributed by atoms with van der Waals surface area (Å²) in [6, 6.07) is 7.37. The number of likely N-dealkylation sites (tertiary alicyclic amines) is 2. The highest BCUT2D eigenvalue weighted by Gasteiger charge is 2.55. The lowest BCUT2D eigenvalue weighted by Gasteiger charge is -2.53. The van der Waals surface area contributed by atoms with Crippen LogP contribution in [0.5, 0.6) is 5.75 Å². The fraction of sp³-hybridized carbons (Fsp3) is 0.632. The van der Waals surface area contributed by atoms with Gasteiger partial charge in [0.25, 0.3) is 5.91 Å². The number of aliphatic hydroxyl groups is 1. The number of amides is 1. The third-order valence-corrected chi connectivity index (χ3v) is 5.83. The van der Waals surface area contributed by atoms with E-state index in [2.05, 4.69) is 4.90 Å². The van der Waals surface area contributed by atoms with Crippen molar-refractivity contribution in [3.63, 3.8) is 0 Å². The van der Waals surface area contributed by atoms with E-state index in [0.29, 0.717) is 17.2 Å². The smallest absolute Gasteiger partial charge is 0.254 e. The highest BCUT2D eigenvalue weighted by molar-refractivity contribution is 5.95.